The maximum absolute atomic E-state index is 12.1. The lowest BCUT2D eigenvalue weighted by Gasteiger charge is -2.32. The van der Waals surface area contributed by atoms with Crippen LogP contribution in [0.5, 0.6) is 0 Å². The molecule has 0 radical (unpaired) electrons. The highest BCUT2D eigenvalue weighted by Crippen LogP contribution is 2.28. The molecule has 0 bridgehead atoms. The Morgan fingerprint density at radius 1 is 1.45 bits per heavy atom. The highest BCUT2D eigenvalue weighted by atomic mass is 35.5. The van der Waals surface area contributed by atoms with Crippen molar-refractivity contribution >= 4 is 23.2 Å². The normalized spacial score (nSPS) is 11.5. The zero-order chi connectivity index (χ0) is 15.5. The summed E-state index contributed by atoms with van der Waals surface area (Å²) in [6.07, 6.45) is 0. The lowest BCUT2D eigenvalue weighted by atomic mass is 10.0. The first-order valence-corrected chi connectivity index (χ1v) is 6.43. The number of likely N-dealkylation sites (N-methyl/N-ethyl adjacent to an activating group) is 1. The number of rotatable bonds is 5. The third-order valence-corrected chi connectivity index (χ3v) is 3.61. The van der Waals surface area contributed by atoms with Gasteiger partial charge in [-0.05, 0) is 40.1 Å². The minimum atomic E-state index is -0.645. The fourth-order valence-corrected chi connectivity index (χ4v) is 1.68. The van der Waals surface area contributed by atoms with Gasteiger partial charge >= 0.3 is 5.69 Å². The standard InChI is InChI=1S/C13H18ClN3O3/c1-13(2,16(3)4)8-15-12(18)9-6-5-7-10(14)11(9)17(19)20/h5-7H,8H2,1-4H3,(H,15,18). The zero-order valence-corrected chi connectivity index (χ0v) is 12.7. The molecule has 1 aromatic carbocycles. The summed E-state index contributed by atoms with van der Waals surface area (Å²) in [6, 6.07) is 4.30. The van der Waals surface area contributed by atoms with Crippen LogP contribution < -0.4 is 5.32 Å². The molecule has 0 aliphatic carbocycles. The van der Waals surface area contributed by atoms with E-state index in [1.807, 2.05) is 32.8 Å². The van der Waals surface area contributed by atoms with Crippen LogP contribution in [0, 0.1) is 10.1 Å². The van der Waals surface area contributed by atoms with Gasteiger partial charge in [-0.1, -0.05) is 17.7 Å². The van der Waals surface area contributed by atoms with Crippen LogP contribution in [-0.2, 0) is 0 Å². The van der Waals surface area contributed by atoms with Crippen molar-refractivity contribution in [1.82, 2.24) is 10.2 Å². The Kier molecular flexibility index (Phi) is 5.08. The van der Waals surface area contributed by atoms with Crippen molar-refractivity contribution in [3.05, 3.63) is 38.9 Å². The van der Waals surface area contributed by atoms with E-state index in [0.29, 0.717) is 6.54 Å². The van der Waals surface area contributed by atoms with Crippen molar-refractivity contribution < 1.29 is 9.72 Å². The number of para-hydroxylation sites is 1. The summed E-state index contributed by atoms with van der Waals surface area (Å²) in [6.45, 7) is 4.28. The molecule has 1 N–H and O–H groups in total. The largest absolute Gasteiger partial charge is 0.350 e. The molecule has 0 saturated heterocycles. The molecular weight excluding hydrogens is 282 g/mol. The summed E-state index contributed by atoms with van der Waals surface area (Å²) in [5, 5.41) is 13.6. The number of hydrogen-bond donors (Lipinski definition) is 1. The molecule has 0 unspecified atom stereocenters. The molecule has 1 aromatic rings. The van der Waals surface area contributed by atoms with Crippen LogP contribution in [0.4, 0.5) is 5.69 Å². The molecule has 0 aliphatic heterocycles. The second-order valence-corrected chi connectivity index (χ2v) is 5.69. The van der Waals surface area contributed by atoms with Gasteiger partial charge in [-0.25, -0.2) is 0 Å². The molecular formula is C13H18ClN3O3. The molecule has 20 heavy (non-hydrogen) atoms. The number of carbonyl (C=O) groups excluding carboxylic acids is 1. The number of nitrogens with one attached hydrogen (secondary N) is 1. The van der Waals surface area contributed by atoms with Crippen molar-refractivity contribution in [3.8, 4) is 0 Å². The lowest BCUT2D eigenvalue weighted by Crippen LogP contribution is -2.48. The molecule has 7 heteroatoms. The number of nitrogens with zero attached hydrogens (tertiary/aromatic N) is 2. The second-order valence-electron chi connectivity index (χ2n) is 5.28. The predicted molar refractivity (Wildman–Crippen MR) is 78.2 cm³/mol. The van der Waals surface area contributed by atoms with E-state index in [-0.39, 0.29) is 21.8 Å². The van der Waals surface area contributed by atoms with Gasteiger partial charge in [0.25, 0.3) is 5.91 Å². The highest BCUT2D eigenvalue weighted by molar-refractivity contribution is 6.33. The first-order chi connectivity index (χ1) is 9.16. The van der Waals surface area contributed by atoms with Crippen molar-refractivity contribution in [2.24, 2.45) is 0 Å². The van der Waals surface area contributed by atoms with E-state index in [1.54, 1.807) is 0 Å². The van der Waals surface area contributed by atoms with Gasteiger partial charge in [0.1, 0.15) is 10.6 Å². The summed E-state index contributed by atoms with van der Waals surface area (Å²) in [5.74, 6) is -0.505. The fourth-order valence-electron chi connectivity index (χ4n) is 1.43. The third kappa shape index (κ3) is 3.68. The number of carbonyl (C=O) groups is 1. The Hall–Kier alpha value is -1.66. The van der Waals surface area contributed by atoms with Gasteiger partial charge in [-0.3, -0.25) is 14.9 Å². The van der Waals surface area contributed by atoms with Gasteiger partial charge in [0, 0.05) is 12.1 Å². The summed E-state index contributed by atoms with van der Waals surface area (Å²) in [7, 11) is 3.79. The molecule has 0 saturated carbocycles. The number of nitro groups is 1. The molecule has 110 valence electrons. The molecule has 1 amide bonds. The van der Waals surface area contributed by atoms with Crippen molar-refractivity contribution in [3.63, 3.8) is 0 Å². The monoisotopic (exact) mass is 299 g/mol. The van der Waals surface area contributed by atoms with E-state index in [0.717, 1.165) is 0 Å². The third-order valence-electron chi connectivity index (χ3n) is 3.31. The predicted octanol–water partition coefficient (Wildman–Crippen LogP) is 2.32. The SMILES string of the molecule is CN(C)C(C)(C)CNC(=O)c1cccc(Cl)c1[N+](=O)[O-]. The number of halogens is 1. The number of amides is 1. The van der Waals surface area contributed by atoms with Crippen molar-refractivity contribution in [2.75, 3.05) is 20.6 Å². The van der Waals surface area contributed by atoms with Crippen LogP contribution in [0.25, 0.3) is 0 Å². The first kappa shape index (κ1) is 16.4. The molecule has 0 atom stereocenters. The van der Waals surface area contributed by atoms with Gasteiger partial charge < -0.3 is 10.2 Å². The summed E-state index contributed by atoms with van der Waals surface area (Å²) < 4.78 is 0. The van der Waals surface area contributed by atoms with E-state index in [1.165, 1.54) is 18.2 Å². The minimum absolute atomic E-state index is 0.0305. The Labute approximate surface area is 122 Å². The first-order valence-electron chi connectivity index (χ1n) is 6.05. The van der Waals surface area contributed by atoms with Crippen molar-refractivity contribution in [2.45, 2.75) is 19.4 Å². The molecule has 0 heterocycles. The van der Waals surface area contributed by atoms with Gasteiger partial charge in [-0.2, -0.15) is 0 Å². The molecule has 6 nitrogen and oxygen atoms in total. The number of benzene rings is 1. The van der Waals surface area contributed by atoms with Crippen LogP contribution in [-0.4, -0.2) is 41.9 Å². The summed E-state index contributed by atoms with van der Waals surface area (Å²) in [4.78, 5) is 24.4. The molecule has 0 fully saturated rings. The summed E-state index contributed by atoms with van der Waals surface area (Å²) >= 11 is 5.78. The fraction of sp³-hybridized carbons (Fsp3) is 0.462. The smallest absolute Gasteiger partial charge is 0.300 e. The van der Waals surface area contributed by atoms with E-state index < -0.39 is 10.8 Å². The Balaban J connectivity index is 2.95. The average molecular weight is 300 g/mol. The molecule has 1 rings (SSSR count). The second kappa shape index (κ2) is 6.19. The number of nitro benzene ring substituents is 1. The van der Waals surface area contributed by atoms with E-state index >= 15 is 0 Å². The quantitative estimate of drug-likeness (QED) is 0.669. The Morgan fingerprint density at radius 3 is 2.55 bits per heavy atom. The Morgan fingerprint density at radius 2 is 2.05 bits per heavy atom. The van der Waals surface area contributed by atoms with Gasteiger partial charge in [-0.15, -0.1) is 0 Å². The van der Waals surface area contributed by atoms with E-state index in [4.69, 9.17) is 11.6 Å². The van der Waals surface area contributed by atoms with Crippen LogP contribution in [0.2, 0.25) is 5.02 Å². The topological polar surface area (TPSA) is 75.5 Å². The number of hydrogen-bond acceptors (Lipinski definition) is 4. The van der Waals surface area contributed by atoms with Crippen molar-refractivity contribution in [1.29, 1.82) is 0 Å². The average Bonchev–Trinajstić information content (AvgIpc) is 2.35. The van der Waals surface area contributed by atoms with Crippen LogP contribution in [0.15, 0.2) is 18.2 Å². The minimum Gasteiger partial charge on any atom is -0.350 e. The van der Waals surface area contributed by atoms with E-state index in [2.05, 4.69) is 5.32 Å². The maximum Gasteiger partial charge on any atom is 0.300 e. The maximum atomic E-state index is 12.1. The molecule has 0 aromatic heterocycles. The van der Waals surface area contributed by atoms with Gasteiger partial charge in [0.2, 0.25) is 0 Å². The molecule has 0 aliphatic rings. The lowest BCUT2D eigenvalue weighted by molar-refractivity contribution is -0.385. The zero-order valence-electron chi connectivity index (χ0n) is 11.9. The van der Waals surface area contributed by atoms with Gasteiger partial charge in [0.05, 0.1) is 4.92 Å². The molecule has 0 spiro atoms. The van der Waals surface area contributed by atoms with Crippen LogP contribution in [0.3, 0.4) is 0 Å². The van der Waals surface area contributed by atoms with Gasteiger partial charge in [0.15, 0.2) is 0 Å². The summed E-state index contributed by atoms with van der Waals surface area (Å²) in [5.41, 5.74) is -0.658. The Bertz CT molecular complexity index is 530. The van der Waals surface area contributed by atoms with E-state index in [9.17, 15) is 14.9 Å². The highest BCUT2D eigenvalue weighted by Gasteiger charge is 2.26. The van der Waals surface area contributed by atoms with Crippen LogP contribution >= 0.6 is 11.6 Å². The van der Waals surface area contributed by atoms with Crippen LogP contribution in [0.1, 0.15) is 24.2 Å².